The van der Waals surface area contributed by atoms with E-state index in [0.717, 1.165) is 0 Å². The lowest BCUT2D eigenvalue weighted by molar-refractivity contribution is -0.201. The van der Waals surface area contributed by atoms with E-state index in [2.05, 4.69) is 10.5 Å². The Balaban J connectivity index is 2.65. The fourth-order valence-corrected chi connectivity index (χ4v) is 1.63. The number of hydrogen-bond donors (Lipinski definition) is 4. The molecule has 0 bridgehead atoms. The van der Waals surface area contributed by atoms with Crippen molar-refractivity contribution in [2.45, 2.75) is 18.2 Å². The number of aliphatic hydroxyl groups excluding tert-OH is 1. The molecule has 8 heteroatoms. The molecule has 0 radical (unpaired) electrons. The fourth-order valence-electron chi connectivity index (χ4n) is 1.63. The Hall–Kier alpha value is -1.80. The molecule has 0 spiro atoms. The van der Waals surface area contributed by atoms with Crippen LogP contribution in [0.5, 0.6) is 0 Å². The number of halogens is 3. The molecule has 1 aromatic rings. The highest BCUT2D eigenvalue weighted by Gasteiger charge is 2.37. The maximum absolute atomic E-state index is 12.1. The Morgan fingerprint density at radius 3 is 2.35 bits per heavy atom. The predicted molar refractivity (Wildman–Crippen MR) is 67.5 cm³/mol. The molecule has 0 saturated carbocycles. The van der Waals surface area contributed by atoms with Crippen LogP contribution < -0.4 is 11.1 Å². The van der Waals surface area contributed by atoms with Crippen LogP contribution in [-0.4, -0.2) is 41.5 Å². The number of aliphatic hydroxyl groups is 1. The highest BCUT2D eigenvalue weighted by molar-refractivity contribution is 5.87. The largest absolute Gasteiger partial charge is 0.415 e. The second-order valence-electron chi connectivity index (χ2n) is 4.20. The van der Waals surface area contributed by atoms with Crippen LogP contribution in [0.15, 0.2) is 35.5 Å². The van der Waals surface area contributed by atoms with Gasteiger partial charge in [0.2, 0.25) is 0 Å². The first kappa shape index (κ1) is 16.3. The Kier molecular flexibility index (Phi) is 5.78. The SMILES string of the molecule is N/C(=N/O)C(CNCC(O)C(F)(F)F)c1ccccc1. The number of alkyl halides is 3. The first-order valence-corrected chi connectivity index (χ1v) is 5.84. The van der Waals surface area contributed by atoms with Crippen LogP contribution >= 0.6 is 0 Å². The molecule has 0 aromatic heterocycles. The van der Waals surface area contributed by atoms with Crippen molar-refractivity contribution in [3.05, 3.63) is 35.9 Å². The second-order valence-corrected chi connectivity index (χ2v) is 4.20. The van der Waals surface area contributed by atoms with Crippen molar-refractivity contribution < 1.29 is 23.5 Å². The normalized spacial score (nSPS) is 15.9. The van der Waals surface area contributed by atoms with Gasteiger partial charge in [0, 0.05) is 13.1 Å². The average molecular weight is 291 g/mol. The Morgan fingerprint density at radius 2 is 1.85 bits per heavy atom. The van der Waals surface area contributed by atoms with Gasteiger partial charge in [0.15, 0.2) is 6.10 Å². The Bertz CT molecular complexity index is 437. The van der Waals surface area contributed by atoms with Gasteiger partial charge >= 0.3 is 6.18 Å². The number of hydrogen-bond acceptors (Lipinski definition) is 4. The minimum absolute atomic E-state index is 0.00699. The van der Waals surface area contributed by atoms with Crippen molar-refractivity contribution in [1.29, 1.82) is 0 Å². The quantitative estimate of drug-likeness (QED) is 0.273. The van der Waals surface area contributed by atoms with E-state index in [0.29, 0.717) is 5.56 Å². The number of oxime groups is 1. The molecule has 112 valence electrons. The highest BCUT2D eigenvalue weighted by atomic mass is 19.4. The van der Waals surface area contributed by atoms with E-state index < -0.39 is 24.7 Å². The highest BCUT2D eigenvalue weighted by Crippen LogP contribution is 2.20. The first-order chi connectivity index (χ1) is 9.36. The summed E-state index contributed by atoms with van der Waals surface area (Å²) in [5.41, 5.74) is 6.22. The monoisotopic (exact) mass is 291 g/mol. The molecule has 0 aliphatic rings. The number of amidine groups is 1. The summed E-state index contributed by atoms with van der Waals surface area (Å²) in [5.74, 6) is -0.702. The van der Waals surface area contributed by atoms with Crippen molar-refractivity contribution in [1.82, 2.24) is 5.32 Å². The van der Waals surface area contributed by atoms with Gasteiger partial charge in [-0.25, -0.2) is 0 Å². The van der Waals surface area contributed by atoms with E-state index in [-0.39, 0.29) is 12.4 Å². The lowest BCUT2D eigenvalue weighted by Crippen LogP contribution is -2.41. The number of nitrogens with one attached hydrogen (secondary N) is 1. The third-order valence-electron chi connectivity index (χ3n) is 2.74. The van der Waals surface area contributed by atoms with Crippen molar-refractivity contribution >= 4 is 5.84 Å². The summed E-state index contributed by atoms with van der Waals surface area (Å²) in [5, 5.41) is 22.9. The fraction of sp³-hybridized carbons (Fsp3) is 0.417. The van der Waals surface area contributed by atoms with Crippen LogP contribution in [0.4, 0.5) is 13.2 Å². The van der Waals surface area contributed by atoms with Crippen LogP contribution in [0.1, 0.15) is 11.5 Å². The van der Waals surface area contributed by atoms with Gasteiger partial charge < -0.3 is 21.4 Å². The van der Waals surface area contributed by atoms with Crippen molar-refractivity contribution in [2.24, 2.45) is 10.9 Å². The standard InChI is InChI=1S/C12H16F3N3O2/c13-12(14,15)10(19)7-17-6-9(11(16)18-20)8-4-2-1-3-5-8/h1-5,9-10,17,19-20H,6-7H2,(H2,16,18). The number of nitrogens with two attached hydrogens (primary N) is 1. The Morgan fingerprint density at radius 1 is 1.25 bits per heavy atom. The smallest absolute Gasteiger partial charge is 0.409 e. The summed E-state index contributed by atoms with van der Waals surface area (Å²) in [6, 6.07) is 8.66. The van der Waals surface area contributed by atoms with E-state index in [1.54, 1.807) is 30.3 Å². The molecule has 1 aromatic carbocycles. The summed E-state index contributed by atoms with van der Waals surface area (Å²) in [7, 11) is 0. The molecule has 0 aliphatic carbocycles. The molecule has 5 N–H and O–H groups in total. The molecule has 2 atom stereocenters. The lowest BCUT2D eigenvalue weighted by atomic mass is 9.98. The minimum atomic E-state index is -4.67. The average Bonchev–Trinajstić information content (AvgIpc) is 2.42. The zero-order valence-corrected chi connectivity index (χ0v) is 10.5. The zero-order chi connectivity index (χ0) is 15.2. The minimum Gasteiger partial charge on any atom is -0.409 e. The third kappa shape index (κ3) is 4.71. The van der Waals surface area contributed by atoms with Crippen LogP contribution in [0.3, 0.4) is 0 Å². The van der Waals surface area contributed by atoms with Gasteiger partial charge in [-0.05, 0) is 5.56 Å². The molecule has 0 aliphatic heterocycles. The summed E-state index contributed by atoms with van der Waals surface area (Å²) < 4.78 is 36.4. The molecular weight excluding hydrogens is 275 g/mol. The van der Waals surface area contributed by atoms with Crippen LogP contribution in [0.25, 0.3) is 0 Å². The van der Waals surface area contributed by atoms with Gasteiger partial charge in [-0.15, -0.1) is 0 Å². The van der Waals surface area contributed by atoms with Crippen molar-refractivity contribution in [3.63, 3.8) is 0 Å². The summed E-state index contributed by atoms with van der Waals surface area (Å²) in [6.07, 6.45) is -7.13. The topological polar surface area (TPSA) is 90.9 Å². The van der Waals surface area contributed by atoms with Gasteiger partial charge in [-0.2, -0.15) is 13.2 Å². The summed E-state index contributed by atoms with van der Waals surface area (Å²) in [6.45, 7) is -0.654. The van der Waals surface area contributed by atoms with E-state index in [4.69, 9.17) is 16.0 Å². The molecule has 20 heavy (non-hydrogen) atoms. The molecule has 5 nitrogen and oxygen atoms in total. The van der Waals surface area contributed by atoms with E-state index in [1.165, 1.54) is 0 Å². The number of nitrogens with zero attached hydrogens (tertiary/aromatic N) is 1. The van der Waals surface area contributed by atoms with E-state index in [1.807, 2.05) is 0 Å². The lowest BCUT2D eigenvalue weighted by Gasteiger charge is -2.19. The van der Waals surface area contributed by atoms with Gasteiger partial charge in [0.25, 0.3) is 0 Å². The van der Waals surface area contributed by atoms with E-state index in [9.17, 15) is 13.2 Å². The maximum atomic E-state index is 12.1. The number of benzene rings is 1. The van der Waals surface area contributed by atoms with Crippen LogP contribution in [-0.2, 0) is 0 Å². The van der Waals surface area contributed by atoms with Gasteiger partial charge in [-0.1, -0.05) is 35.5 Å². The summed E-state index contributed by atoms with van der Waals surface area (Å²) >= 11 is 0. The van der Waals surface area contributed by atoms with E-state index >= 15 is 0 Å². The Labute approximate surface area is 113 Å². The predicted octanol–water partition coefficient (Wildman–Crippen LogP) is 1.03. The second kappa shape index (κ2) is 7.11. The first-order valence-electron chi connectivity index (χ1n) is 5.84. The molecule has 0 fully saturated rings. The summed E-state index contributed by atoms with van der Waals surface area (Å²) in [4.78, 5) is 0. The number of rotatable bonds is 6. The van der Waals surface area contributed by atoms with Crippen molar-refractivity contribution in [2.75, 3.05) is 13.1 Å². The third-order valence-corrected chi connectivity index (χ3v) is 2.74. The molecule has 0 saturated heterocycles. The molecular formula is C12H16F3N3O2. The van der Waals surface area contributed by atoms with Crippen LogP contribution in [0, 0.1) is 0 Å². The van der Waals surface area contributed by atoms with Gasteiger partial charge in [-0.3, -0.25) is 0 Å². The zero-order valence-electron chi connectivity index (χ0n) is 10.5. The molecule has 0 amide bonds. The van der Waals surface area contributed by atoms with Crippen molar-refractivity contribution in [3.8, 4) is 0 Å². The molecule has 0 heterocycles. The van der Waals surface area contributed by atoms with Crippen LogP contribution in [0.2, 0.25) is 0 Å². The maximum Gasteiger partial charge on any atom is 0.415 e. The molecule has 1 rings (SSSR count). The van der Waals surface area contributed by atoms with Gasteiger partial charge in [0.1, 0.15) is 5.84 Å². The molecule has 2 unspecified atom stereocenters. The van der Waals surface area contributed by atoms with Gasteiger partial charge in [0.05, 0.1) is 5.92 Å².